The van der Waals surface area contributed by atoms with Crippen molar-refractivity contribution in [3.63, 3.8) is 0 Å². The van der Waals surface area contributed by atoms with Crippen molar-refractivity contribution in [2.45, 2.75) is 12.5 Å². The highest BCUT2D eigenvalue weighted by molar-refractivity contribution is 7.88. The number of nitrogens with one attached hydrogen (secondary N) is 2. The topological polar surface area (TPSA) is 84.5 Å². The van der Waals surface area contributed by atoms with E-state index in [-0.39, 0.29) is 12.3 Å². The van der Waals surface area contributed by atoms with Gasteiger partial charge in [0.15, 0.2) is 0 Å². The molecule has 0 spiro atoms. The number of benzene rings is 2. The minimum atomic E-state index is -3.49. The number of ether oxygens (including phenoxy) is 1. The minimum Gasteiger partial charge on any atom is -0.497 e. The lowest BCUT2D eigenvalue weighted by Gasteiger charge is -2.18. The average Bonchev–Trinajstić information content (AvgIpc) is 2.53. The lowest BCUT2D eigenvalue weighted by molar-refractivity contribution is -0.116. The summed E-state index contributed by atoms with van der Waals surface area (Å²) >= 11 is 5.89. The van der Waals surface area contributed by atoms with Crippen molar-refractivity contribution >= 4 is 33.2 Å². The van der Waals surface area contributed by atoms with Crippen molar-refractivity contribution in [1.29, 1.82) is 0 Å². The van der Waals surface area contributed by atoms with E-state index in [1.807, 2.05) is 0 Å². The third-order valence-corrected chi connectivity index (χ3v) is 4.32. The first-order valence-corrected chi connectivity index (χ1v) is 9.70. The van der Waals surface area contributed by atoms with Gasteiger partial charge in [-0.2, -0.15) is 0 Å². The van der Waals surface area contributed by atoms with E-state index >= 15 is 0 Å². The van der Waals surface area contributed by atoms with Gasteiger partial charge in [0.05, 0.1) is 19.4 Å². The second kappa shape index (κ2) is 8.33. The molecule has 0 saturated heterocycles. The maximum absolute atomic E-state index is 12.3. The first-order valence-electron chi connectivity index (χ1n) is 7.43. The van der Waals surface area contributed by atoms with Crippen LogP contribution in [0.15, 0.2) is 48.5 Å². The Labute approximate surface area is 152 Å². The molecule has 0 bridgehead atoms. The second-order valence-corrected chi connectivity index (χ2v) is 7.69. The van der Waals surface area contributed by atoms with Gasteiger partial charge in [-0.3, -0.25) is 4.79 Å². The molecule has 0 unspecified atom stereocenters. The molecule has 0 aliphatic rings. The molecular formula is C17H19ClN2O4S. The van der Waals surface area contributed by atoms with E-state index in [1.54, 1.807) is 55.6 Å². The molecule has 2 aromatic carbocycles. The van der Waals surface area contributed by atoms with Crippen LogP contribution in [0.2, 0.25) is 5.02 Å². The third-order valence-electron chi connectivity index (χ3n) is 3.37. The first kappa shape index (κ1) is 19.2. The van der Waals surface area contributed by atoms with Crippen LogP contribution in [0, 0.1) is 0 Å². The van der Waals surface area contributed by atoms with Crippen LogP contribution in [-0.4, -0.2) is 27.7 Å². The van der Waals surface area contributed by atoms with Crippen LogP contribution in [0.4, 0.5) is 5.69 Å². The molecule has 0 aliphatic heterocycles. The number of amides is 1. The van der Waals surface area contributed by atoms with Gasteiger partial charge in [-0.1, -0.05) is 29.8 Å². The maximum atomic E-state index is 12.3. The molecule has 0 fully saturated rings. The zero-order valence-corrected chi connectivity index (χ0v) is 15.4. The van der Waals surface area contributed by atoms with E-state index in [9.17, 15) is 13.2 Å². The van der Waals surface area contributed by atoms with Crippen molar-refractivity contribution in [3.05, 3.63) is 59.1 Å². The van der Waals surface area contributed by atoms with Crippen LogP contribution in [0.3, 0.4) is 0 Å². The van der Waals surface area contributed by atoms with Crippen molar-refractivity contribution in [2.24, 2.45) is 0 Å². The zero-order chi connectivity index (χ0) is 18.4. The summed E-state index contributed by atoms with van der Waals surface area (Å²) in [6, 6.07) is 12.9. The van der Waals surface area contributed by atoms with E-state index in [2.05, 4.69) is 10.0 Å². The van der Waals surface area contributed by atoms with E-state index in [0.29, 0.717) is 22.0 Å². The molecule has 8 heteroatoms. The quantitative estimate of drug-likeness (QED) is 0.771. The maximum Gasteiger partial charge on any atom is 0.226 e. The first-order chi connectivity index (χ1) is 11.8. The van der Waals surface area contributed by atoms with E-state index < -0.39 is 16.1 Å². The lowest BCUT2D eigenvalue weighted by Crippen LogP contribution is -2.30. The molecule has 2 rings (SSSR count). The Bertz CT molecular complexity index is 838. The monoisotopic (exact) mass is 382 g/mol. The number of carbonyl (C=O) groups excluding carboxylic acids is 1. The molecule has 25 heavy (non-hydrogen) atoms. The van der Waals surface area contributed by atoms with Gasteiger partial charge in [-0.25, -0.2) is 13.1 Å². The van der Waals surface area contributed by atoms with E-state index in [0.717, 1.165) is 6.26 Å². The van der Waals surface area contributed by atoms with Gasteiger partial charge >= 0.3 is 0 Å². The number of hydrogen-bond donors (Lipinski definition) is 2. The fourth-order valence-corrected chi connectivity index (χ4v) is 3.21. The Morgan fingerprint density at radius 3 is 2.44 bits per heavy atom. The highest BCUT2D eigenvalue weighted by Crippen LogP contribution is 2.22. The summed E-state index contributed by atoms with van der Waals surface area (Å²) in [6.45, 7) is 0. The SMILES string of the molecule is COc1ccc([C@H](CC(=O)Nc2cccc(Cl)c2)NS(C)(=O)=O)cc1. The summed E-state index contributed by atoms with van der Waals surface area (Å²) in [5.41, 5.74) is 1.21. The van der Waals surface area contributed by atoms with E-state index in [1.165, 1.54) is 0 Å². The summed E-state index contributed by atoms with van der Waals surface area (Å²) in [5, 5.41) is 3.21. The van der Waals surface area contributed by atoms with Crippen LogP contribution in [0.5, 0.6) is 5.75 Å². The Morgan fingerprint density at radius 2 is 1.88 bits per heavy atom. The summed E-state index contributed by atoms with van der Waals surface area (Å²) in [7, 11) is -1.95. The molecule has 134 valence electrons. The molecule has 0 saturated carbocycles. The Hall–Kier alpha value is -2.09. The van der Waals surface area contributed by atoms with Gasteiger partial charge in [-0.05, 0) is 35.9 Å². The molecule has 0 heterocycles. The molecule has 0 aliphatic carbocycles. The molecule has 6 nitrogen and oxygen atoms in total. The van der Waals surface area contributed by atoms with Gasteiger partial charge < -0.3 is 10.1 Å². The normalized spacial score (nSPS) is 12.4. The molecule has 1 amide bonds. The molecule has 0 aromatic heterocycles. The zero-order valence-electron chi connectivity index (χ0n) is 13.8. The van der Waals surface area contributed by atoms with Crippen molar-refractivity contribution < 1.29 is 17.9 Å². The second-order valence-electron chi connectivity index (χ2n) is 5.48. The molecule has 2 N–H and O–H groups in total. The van der Waals surface area contributed by atoms with Crippen LogP contribution in [-0.2, 0) is 14.8 Å². The summed E-state index contributed by atoms with van der Waals surface area (Å²) in [4.78, 5) is 12.3. The number of carbonyl (C=O) groups is 1. The standard InChI is InChI=1S/C17H19ClN2O4S/c1-24-15-8-6-12(7-9-15)16(20-25(2,22)23)11-17(21)19-14-5-3-4-13(18)10-14/h3-10,16,20H,11H2,1-2H3,(H,19,21)/t16-/m0/s1. The fourth-order valence-electron chi connectivity index (χ4n) is 2.29. The van der Waals surface area contributed by atoms with Crippen molar-refractivity contribution in [1.82, 2.24) is 4.72 Å². The fraction of sp³-hybridized carbons (Fsp3) is 0.235. The number of methoxy groups -OCH3 is 1. The Morgan fingerprint density at radius 1 is 1.20 bits per heavy atom. The van der Waals surface area contributed by atoms with Gasteiger partial charge in [0.25, 0.3) is 0 Å². The average molecular weight is 383 g/mol. The van der Waals surface area contributed by atoms with Crippen LogP contribution >= 0.6 is 11.6 Å². The lowest BCUT2D eigenvalue weighted by atomic mass is 10.0. The van der Waals surface area contributed by atoms with Gasteiger partial charge in [-0.15, -0.1) is 0 Å². The third kappa shape index (κ3) is 6.38. The van der Waals surface area contributed by atoms with Crippen LogP contribution < -0.4 is 14.8 Å². The largest absolute Gasteiger partial charge is 0.497 e. The molecular weight excluding hydrogens is 364 g/mol. The summed E-state index contributed by atoms with van der Waals surface area (Å²) in [6.07, 6.45) is 0.990. The summed E-state index contributed by atoms with van der Waals surface area (Å²) < 4.78 is 30.8. The molecule has 1 atom stereocenters. The van der Waals surface area contributed by atoms with E-state index in [4.69, 9.17) is 16.3 Å². The Balaban J connectivity index is 2.15. The number of anilines is 1. The number of hydrogen-bond acceptors (Lipinski definition) is 4. The molecule has 0 radical (unpaired) electrons. The smallest absolute Gasteiger partial charge is 0.226 e. The minimum absolute atomic E-state index is 0.0636. The Kier molecular flexibility index (Phi) is 6.41. The number of halogens is 1. The van der Waals surface area contributed by atoms with Crippen molar-refractivity contribution in [3.8, 4) is 5.75 Å². The summed E-state index contributed by atoms with van der Waals surface area (Å²) in [5.74, 6) is 0.310. The predicted octanol–water partition coefficient (Wildman–Crippen LogP) is 2.97. The highest BCUT2D eigenvalue weighted by atomic mass is 35.5. The number of sulfonamides is 1. The number of rotatable bonds is 7. The van der Waals surface area contributed by atoms with Crippen molar-refractivity contribution in [2.75, 3.05) is 18.7 Å². The van der Waals surface area contributed by atoms with Gasteiger partial charge in [0, 0.05) is 17.1 Å². The van der Waals surface area contributed by atoms with Crippen LogP contribution in [0.25, 0.3) is 0 Å². The highest BCUT2D eigenvalue weighted by Gasteiger charge is 2.20. The van der Waals surface area contributed by atoms with Gasteiger partial charge in [0.2, 0.25) is 15.9 Å². The molecule has 2 aromatic rings. The van der Waals surface area contributed by atoms with Crippen LogP contribution in [0.1, 0.15) is 18.0 Å². The predicted molar refractivity (Wildman–Crippen MR) is 98.4 cm³/mol. The van der Waals surface area contributed by atoms with Gasteiger partial charge in [0.1, 0.15) is 5.75 Å².